The van der Waals surface area contributed by atoms with Crippen LogP contribution >= 0.6 is 58.0 Å². The summed E-state index contributed by atoms with van der Waals surface area (Å²) in [5.74, 6) is 0. The van der Waals surface area contributed by atoms with Gasteiger partial charge in [-0.05, 0) is 19.6 Å². The normalized spacial score (nSPS) is 7.20. The fraction of sp³-hybridized carbons (Fsp3) is 0.900. The second kappa shape index (κ2) is 50.3. The summed E-state index contributed by atoms with van der Waals surface area (Å²) in [7, 11) is 1.00. The standard InChI is InChI=1S/C6H15N.CHCl3.CH2Cl2.CH2O2.CH4O.H2O/c1-4-7(5-2)6-3;2-1(3)4;2*2-1-3;1-2;/h4-6H2,1-3H3;1H;1H2;1H,(H,2,3);2H,1H3;1H2. The van der Waals surface area contributed by atoms with Crippen LogP contribution in [0.25, 0.3) is 0 Å². The Morgan fingerprint density at radius 1 is 1.00 bits per heavy atom. The van der Waals surface area contributed by atoms with Crippen molar-refractivity contribution in [1.82, 2.24) is 4.90 Å². The number of halogens is 5. The lowest BCUT2D eigenvalue weighted by Crippen LogP contribution is -2.21. The summed E-state index contributed by atoms with van der Waals surface area (Å²) < 4.78 is -0.750. The summed E-state index contributed by atoms with van der Waals surface area (Å²) in [6.07, 6.45) is 0. The van der Waals surface area contributed by atoms with E-state index in [9.17, 15) is 0 Å². The minimum atomic E-state index is -0.750. The molecule has 0 aromatic carbocycles. The molecule has 0 aliphatic carbocycles. The van der Waals surface area contributed by atoms with Crippen LogP contribution < -0.4 is 0 Å². The van der Waals surface area contributed by atoms with Gasteiger partial charge in [0.2, 0.25) is 0 Å². The summed E-state index contributed by atoms with van der Waals surface area (Å²) in [5.41, 5.74) is 0. The van der Waals surface area contributed by atoms with E-state index in [0.29, 0.717) is 0 Å². The summed E-state index contributed by atoms with van der Waals surface area (Å²) in [6.45, 7) is 9.88. The summed E-state index contributed by atoms with van der Waals surface area (Å²) in [5, 5.41) is 14.1. The van der Waals surface area contributed by atoms with Crippen molar-refractivity contribution < 1.29 is 20.5 Å². The average molecular weight is 402 g/mol. The minimum Gasteiger partial charge on any atom is -0.483 e. The Hall–Kier alpha value is 0.800. The molecule has 0 spiro atoms. The molecule has 0 heterocycles. The molecule has 0 aromatic rings. The van der Waals surface area contributed by atoms with Gasteiger partial charge in [-0.3, -0.25) is 4.79 Å². The first kappa shape index (κ1) is 37.2. The summed E-state index contributed by atoms with van der Waals surface area (Å²) in [6, 6.07) is 0. The average Bonchev–Trinajstić information content (AvgIpc) is 2.35. The second-order valence-corrected chi connectivity index (χ2v) is 4.86. The van der Waals surface area contributed by atoms with Crippen LogP contribution in [0.3, 0.4) is 0 Å². The maximum atomic E-state index is 8.36. The maximum Gasteiger partial charge on any atom is 0.290 e. The van der Waals surface area contributed by atoms with Crippen molar-refractivity contribution in [3.8, 4) is 0 Å². The zero-order valence-electron chi connectivity index (χ0n) is 12.1. The lowest BCUT2D eigenvalue weighted by Gasteiger charge is -2.13. The predicted molar refractivity (Wildman–Crippen MR) is 91.8 cm³/mol. The number of nitrogens with zero attached hydrogens (tertiary/aromatic N) is 1. The van der Waals surface area contributed by atoms with Crippen LogP contribution in [0.1, 0.15) is 20.8 Å². The van der Waals surface area contributed by atoms with E-state index in [1.165, 1.54) is 19.6 Å². The second-order valence-electron chi connectivity index (χ2n) is 2.07. The molecule has 0 aromatic heterocycles. The van der Waals surface area contributed by atoms with Crippen LogP contribution in [0.15, 0.2) is 0 Å². The number of rotatable bonds is 3. The van der Waals surface area contributed by atoms with Gasteiger partial charge in [-0.1, -0.05) is 55.6 Å². The van der Waals surface area contributed by atoms with Crippen molar-refractivity contribution in [2.45, 2.75) is 25.1 Å². The third kappa shape index (κ3) is 129. The highest BCUT2D eigenvalue weighted by molar-refractivity contribution is 6.63. The molecular weight excluding hydrogens is 375 g/mol. The lowest BCUT2D eigenvalue weighted by atomic mass is 10.5. The molecule has 10 heteroatoms. The zero-order valence-corrected chi connectivity index (χ0v) is 15.9. The number of carboxylic acid groups (broad SMARTS) is 1. The Labute approximate surface area is 147 Å². The number of alkyl halides is 5. The molecule has 0 aliphatic heterocycles. The highest BCUT2D eigenvalue weighted by Gasteiger charge is 1.89. The highest BCUT2D eigenvalue weighted by Crippen LogP contribution is 2.03. The van der Waals surface area contributed by atoms with Gasteiger partial charge in [0.15, 0.2) is 4.30 Å². The van der Waals surface area contributed by atoms with Crippen molar-refractivity contribution in [2.24, 2.45) is 0 Å². The van der Waals surface area contributed by atoms with Crippen molar-refractivity contribution in [1.29, 1.82) is 0 Å². The first-order chi connectivity index (χ1) is 8.91. The smallest absolute Gasteiger partial charge is 0.290 e. The van der Waals surface area contributed by atoms with E-state index in [-0.39, 0.29) is 17.3 Å². The van der Waals surface area contributed by atoms with Crippen LogP contribution in [0, 0.1) is 0 Å². The first-order valence-corrected chi connectivity index (χ1v) is 7.58. The van der Waals surface area contributed by atoms with Crippen molar-refractivity contribution in [3.63, 3.8) is 0 Å². The first-order valence-electron chi connectivity index (χ1n) is 5.20. The molecule has 0 fully saturated rings. The van der Waals surface area contributed by atoms with Gasteiger partial charge >= 0.3 is 0 Å². The Kier molecular flexibility index (Phi) is 93.6. The van der Waals surface area contributed by atoms with E-state index in [2.05, 4.69) is 25.7 Å². The fourth-order valence-corrected chi connectivity index (χ4v) is 0.671. The van der Waals surface area contributed by atoms with Gasteiger partial charge in [0.05, 0.1) is 5.34 Å². The largest absolute Gasteiger partial charge is 0.483 e. The molecule has 0 bridgehead atoms. The van der Waals surface area contributed by atoms with Crippen molar-refractivity contribution >= 4 is 64.5 Å². The molecule has 130 valence electrons. The molecule has 0 unspecified atom stereocenters. The van der Waals surface area contributed by atoms with Gasteiger partial charge in [-0.25, -0.2) is 0 Å². The molecule has 0 amide bonds. The van der Waals surface area contributed by atoms with E-state index >= 15 is 0 Å². The van der Waals surface area contributed by atoms with E-state index in [1.54, 1.807) is 0 Å². The fourth-order valence-electron chi connectivity index (χ4n) is 0.671. The Morgan fingerprint density at radius 2 is 1.10 bits per heavy atom. The van der Waals surface area contributed by atoms with Crippen LogP contribution in [-0.2, 0) is 4.79 Å². The third-order valence-electron chi connectivity index (χ3n) is 1.34. The Morgan fingerprint density at radius 3 is 1.10 bits per heavy atom. The third-order valence-corrected chi connectivity index (χ3v) is 1.34. The van der Waals surface area contributed by atoms with Gasteiger partial charge in [0.1, 0.15) is 0 Å². The summed E-state index contributed by atoms with van der Waals surface area (Å²) in [4.78, 5) is 10.7. The Balaban J connectivity index is -0.0000000329. The number of aliphatic hydroxyl groups is 1. The molecule has 0 rings (SSSR count). The topological polar surface area (TPSA) is 92.3 Å². The Bertz CT molecular complexity index is 114. The summed E-state index contributed by atoms with van der Waals surface area (Å²) >= 11 is 23.9. The molecule has 4 N–H and O–H groups in total. The molecule has 0 radical (unpaired) electrons. The van der Waals surface area contributed by atoms with Gasteiger partial charge in [-0.2, -0.15) is 0 Å². The van der Waals surface area contributed by atoms with Crippen LogP contribution in [-0.4, -0.2) is 63.4 Å². The molecule has 0 atom stereocenters. The highest BCUT2D eigenvalue weighted by atomic mass is 35.6. The zero-order chi connectivity index (χ0) is 16.7. The molecule has 0 aliphatic rings. The van der Waals surface area contributed by atoms with E-state index in [1.807, 2.05) is 0 Å². The quantitative estimate of drug-likeness (QED) is 0.561. The van der Waals surface area contributed by atoms with Crippen LogP contribution in [0.5, 0.6) is 0 Å². The number of aliphatic hydroxyl groups excluding tert-OH is 1. The van der Waals surface area contributed by atoms with Crippen LogP contribution in [0.4, 0.5) is 0 Å². The predicted octanol–water partition coefficient (Wildman–Crippen LogP) is 3.24. The molecule has 20 heavy (non-hydrogen) atoms. The van der Waals surface area contributed by atoms with Crippen molar-refractivity contribution in [3.05, 3.63) is 0 Å². The lowest BCUT2D eigenvalue weighted by molar-refractivity contribution is -0.122. The monoisotopic (exact) mass is 399 g/mol. The van der Waals surface area contributed by atoms with Crippen molar-refractivity contribution in [2.75, 3.05) is 32.1 Å². The van der Waals surface area contributed by atoms with Crippen LogP contribution in [0.2, 0.25) is 0 Å². The van der Waals surface area contributed by atoms with E-state index < -0.39 is 4.30 Å². The van der Waals surface area contributed by atoms with Gasteiger partial charge < -0.3 is 20.6 Å². The van der Waals surface area contributed by atoms with Gasteiger partial charge in [0, 0.05) is 7.11 Å². The maximum absolute atomic E-state index is 8.36. The number of hydrogen-bond acceptors (Lipinski definition) is 3. The molecule has 0 saturated carbocycles. The minimum absolute atomic E-state index is 0. The van der Waals surface area contributed by atoms with Gasteiger partial charge in [-0.15, -0.1) is 23.2 Å². The molecular formula is C10H26Cl5NO4. The van der Waals surface area contributed by atoms with E-state index in [4.69, 9.17) is 73.0 Å². The van der Waals surface area contributed by atoms with E-state index in [0.717, 1.165) is 7.11 Å². The molecule has 5 nitrogen and oxygen atoms in total. The SMILES string of the molecule is CCN(CC)CC.CO.ClC(Cl)Cl.ClCCl.O.O=CO. The number of carbonyl (C=O) groups is 1. The molecule has 0 saturated heterocycles. The number of hydrogen-bond donors (Lipinski definition) is 2. The van der Waals surface area contributed by atoms with Gasteiger partial charge in [0.25, 0.3) is 6.47 Å².